The van der Waals surface area contributed by atoms with Crippen LogP contribution in [0, 0.1) is 0 Å². The minimum absolute atomic E-state index is 0. The van der Waals surface area contributed by atoms with Gasteiger partial charge in [-0.25, -0.2) is 9.97 Å². The number of hydrogen-bond donors (Lipinski definition) is 0. The largest absolute Gasteiger partial charge is 0.353 e. The first kappa shape index (κ1) is 20.2. The van der Waals surface area contributed by atoms with E-state index in [1.54, 1.807) is 6.07 Å². The van der Waals surface area contributed by atoms with Gasteiger partial charge >= 0.3 is 0 Å². The van der Waals surface area contributed by atoms with Gasteiger partial charge in [0.25, 0.3) is 0 Å². The molecule has 0 radical (unpaired) electrons. The molecule has 1 fully saturated rings. The van der Waals surface area contributed by atoms with Gasteiger partial charge in [-0.05, 0) is 56.0 Å². The van der Waals surface area contributed by atoms with Crippen molar-refractivity contribution in [2.75, 3.05) is 11.4 Å². The minimum Gasteiger partial charge on any atom is -0.353 e. The maximum Gasteiger partial charge on any atom is 0.163 e. The van der Waals surface area contributed by atoms with Crippen molar-refractivity contribution in [3.05, 3.63) is 52.5 Å². The second kappa shape index (κ2) is 8.64. The van der Waals surface area contributed by atoms with Crippen molar-refractivity contribution in [2.45, 2.75) is 38.6 Å². The van der Waals surface area contributed by atoms with Crippen LogP contribution < -0.4 is 4.90 Å². The summed E-state index contributed by atoms with van der Waals surface area (Å²) in [5.74, 6) is 1.67. The van der Waals surface area contributed by atoms with Gasteiger partial charge < -0.3 is 4.90 Å². The summed E-state index contributed by atoms with van der Waals surface area (Å²) in [4.78, 5) is 12.2. The quantitative estimate of drug-likeness (QED) is 0.465. The molecular weight excluding hydrogens is 401 g/mol. The van der Waals surface area contributed by atoms with Crippen LogP contribution in [0.5, 0.6) is 0 Å². The third-order valence-corrected chi connectivity index (χ3v) is 5.67. The summed E-state index contributed by atoms with van der Waals surface area (Å²) in [5.41, 5.74) is 1.76. The molecule has 0 aliphatic carbocycles. The van der Waals surface area contributed by atoms with Gasteiger partial charge in [-0.3, -0.25) is 0 Å². The Bertz CT molecular complexity index is 945. The molecule has 4 rings (SSSR count). The van der Waals surface area contributed by atoms with E-state index >= 15 is 0 Å². The van der Waals surface area contributed by atoms with Crippen molar-refractivity contribution >= 4 is 52.3 Å². The van der Waals surface area contributed by atoms with Crippen LogP contribution in [0.2, 0.25) is 10.0 Å². The summed E-state index contributed by atoms with van der Waals surface area (Å²) in [6, 6.07) is 14.2. The predicted octanol–water partition coefficient (Wildman–Crippen LogP) is 6.79. The molecule has 0 N–H and O–H groups in total. The maximum atomic E-state index is 6.43. The number of rotatable bonds is 3. The maximum absolute atomic E-state index is 6.43. The lowest BCUT2D eigenvalue weighted by Gasteiger charge is -2.37. The lowest BCUT2D eigenvalue weighted by atomic mass is 9.99. The molecule has 3 aromatic rings. The molecular formula is C21H22Cl3N3. The Morgan fingerprint density at radius 3 is 2.67 bits per heavy atom. The van der Waals surface area contributed by atoms with Crippen LogP contribution in [0.15, 0.2) is 42.5 Å². The van der Waals surface area contributed by atoms with E-state index in [2.05, 4.69) is 24.0 Å². The minimum atomic E-state index is 0. The molecule has 3 nitrogen and oxygen atoms in total. The lowest BCUT2D eigenvalue weighted by molar-refractivity contribution is 0.448. The summed E-state index contributed by atoms with van der Waals surface area (Å²) >= 11 is 12.5. The van der Waals surface area contributed by atoms with Gasteiger partial charge in [0.1, 0.15) is 5.82 Å². The molecule has 1 unspecified atom stereocenters. The molecule has 1 aliphatic heterocycles. The van der Waals surface area contributed by atoms with E-state index in [0.29, 0.717) is 21.9 Å². The number of nitrogens with zero attached hydrogens (tertiary/aromatic N) is 3. The summed E-state index contributed by atoms with van der Waals surface area (Å²) in [6.07, 6.45) is 4.82. The number of anilines is 1. The summed E-state index contributed by atoms with van der Waals surface area (Å²) in [7, 11) is 0. The molecule has 1 aliphatic rings. The van der Waals surface area contributed by atoms with Gasteiger partial charge in [-0.15, -0.1) is 12.4 Å². The Morgan fingerprint density at radius 1 is 1.07 bits per heavy atom. The summed E-state index contributed by atoms with van der Waals surface area (Å²) in [5, 5.41) is 2.29. The SMILES string of the molecule is CCC1CCCCN1c1nc(-c2ccc(Cl)cc2Cl)nc2ccccc12.Cl. The highest BCUT2D eigenvalue weighted by Crippen LogP contribution is 2.34. The van der Waals surface area contributed by atoms with Gasteiger partial charge in [0, 0.05) is 28.6 Å². The van der Waals surface area contributed by atoms with Crippen molar-refractivity contribution in [3.63, 3.8) is 0 Å². The van der Waals surface area contributed by atoms with Crippen molar-refractivity contribution in [2.24, 2.45) is 0 Å². The standard InChI is InChI=1S/C21H21Cl2N3.ClH/c1-2-15-7-5-6-12-26(15)21-17-8-3-4-9-19(17)24-20(25-21)16-11-10-14(22)13-18(16)23;/h3-4,8-11,13,15H,2,5-7,12H2,1H3;1H. The van der Waals surface area contributed by atoms with Gasteiger partial charge in [0.2, 0.25) is 0 Å². The van der Waals surface area contributed by atoms with E-state index < -0.39 is 0 Å². The highest BCUT2D eigenvalue weighted by atomic mass is 35.5. The van der Waals surface area contributed by atoms with Crippen LogP contribution in [-0.4, -0.2) is 22.6 Å². The Morgan fingerprint density at radius 2 is 1.89 bits per heavy atom. The molecule has 0 bridgehead atoms. The first-order valence-electron chi connectivity index (χ1n) is 9.16. The molecule has 0 amide bonds. The Labute approximate surface area is 176 Å². The number of fused-ring (bicyclic) bond motifs is 1. The monoisotopic (exact) mass is 421 g/mol. The number of benzene rings is 2. The zero-order valence-electron chi connectivity index (χ0n) is 15.2. The summed E-state index contributed by atoms with van der Waals surface area (Å²) in [6.45, 7) is 3.29. The third kappa shape index (κ3) is 4.01. The fourth-order valence-corrected chi connectivity index (χ4v) is 4.27. The van der Waals surface area contributed by atoms with Gasteiger partial charge in [-0.2, -0.15) is 0 Å². The zero-order chi connectivity index (χ0) is 18.1. The third-order valence-electron chi connectivity index (χ3n) is 5.13. The highest BCUT2D eigenvalue weighted by molar-refractivity contribution is 6.36. The average molecular weight is 423 g/mol. The van der Waals surface area contributed by atoms with Crippen LogP contribution in [0.4, 0.5) is 5.82 Å². The topological polar surface area (TPSA) is 29.0 Å². The second-order valence-electron chi connectivity index (χ2n) is 6.76. The lowest BCUT2D eigenvalue weighted by Crippen LogP contribution is -2.39. The van der Waals surface area contributed by atoms with Crippen LogP contribution in [0.1, 0.15) is 32.6 Å². The van der Waals surface area contributed by atoms with Crippen molar-refractivity contribution in [1.29, 1.82) is 0 Å². The van der Waals surface area contributed by atoms with E-state index in [9.17, 15) is 0 Å². The molecule has 0 saturated carbocycles. The van der Waals surface area contributed by atoms with E-state index in [-0.39, 0.29) is 12.4 Å². The van der Waals surface area contributed by atoms with Gasteiger partial charge in [0.05, 0.1) is 10.5 Å². The zero-order valence-corrected chi connectivity index (χ0v) is 17.5. The molecule has 0 spiro atoms. The van der Waals surface area contributed by atoms with E-state index in [1.165, 1.54) is 19.3 Å². The normalized spacial score (nSPS) is 17.0. The van der Waals surface area contributed by atoms with Gasteiger partial charge in [-0.1, -0.05) is 42.3 Å². The smallest absolute Gasteiger partial charge is 0.163 e. The summed E-state index contributed by atoms with van der Waals surface area (Å²) < 4.78 is 0. The molecule has 6 heteroatoms. The Balaban J connectivity index is 0.00000210. The van der Waals surface area contributed by atoms with Crippen molar-refractivity contribution in [1.82, 2.24) is 9.97 Å². The van der Waals surface area contributed by atoms with Crippen LogP contribution in [-0.2, 0) is 0 Å². The number of para-hydroxylation sites is 1. The highest BCUT2D eigenvalue weighted by Gasteiger charge is 2.25. The molecule has 27 heavy (non-hydrogen) atoms. The molecule has 1 atom stereocenters. The Hall–Kier alpha value is -1.55. The molecule has 1 saturated heterocycles. The number of piperidine rings is 1. The molecule has 1 aromatic heterocycles. The number of hydrogen-bond acceptors (Lipinski definition) is 3. The van der Waals surface area contributed by atoms with Gasteiger partial charge in [0.15, 0.2) is 5.82 Å². The molecule has 2 heterocycles. The first-order valence-corrected chi connectivity index (χ1v) is 9.92. The van der Waals surface area contributed by atoms with Crippen molar-refractivity contribution in [3.8, 4) is 11.4 Å². The Kier molecular flexibility index (Phi) is 6.46. The second-order valence-corrected chi connectivity index (χ2v) is 7.61. The number of aromatic nitrogens is 2. The predicted molar refractivity (Wildman–Crippen MR) is 118 cm³/mol. The number of halogens is 3. The van der Waals surface area contributed by atoms with E-state index in [0.717, 1.165) is 35.2 Å². The van der Waals surface area contributed by atoms with Crippen LogP contribution in [0.3, 0.4) is 0 Å². The molecule has 142 valence electrons. The van der Waals surface area contributed by atoms with E-state index in [4.69, 9.17) is 33.2 Å². The first-order chi connectivity index (χ1) is 12.7. The van der Waals surface area contributed by atoms with Crippen molar-refractivity contribution < 1.29 is 0 Å². The van der Waals surface area contributed by atoms with Crippen LogP contribution in [0.25, 0.3) is 22.3 Å². The van der Waals surface area contributed by atoms with E-state index in [1.807, 2.05) is 24.3 Å². The molecule has 2 aromatic carbocycles. The fourth-order valence-electron chi connectivity index (χ4n) is 3.77. The van der Waals surface area contributed by atoms with Crippen LogP contribution >= 0.6 is 35.6 Å². The average Bonchev–Trinajstić information content (AvgIpc) is 2.67. The fraction of sp³-hybridized carbons (Fsp3) is 0.333.